The SMILES string of the molecule is CN=C(C1=CC(F)=C(C=O)NC1)/C(C)=C(\C)NC. The molecule has 0 saturated carbocycles. The topological polar surface area (TPSA) is 53.5 Å². The normalized spacial score (nSPS) is 17.8. The number of carbonyl (C=O) groups is 1. The summed E-state index contributed by atoms with van der Waals surface area (Å²) in [7, 11) is 3.49. The van der Waals surface area contributed by atoms with E-state index in [1.54, 1.807) is 7.05 Å². The number of aldehydes is 1. The number of aliphatic imine (C=N–C) groups is 1. The largest absolute Gasteiger partial charge is 0.391 e. The van der Waals surface area contributed by atoms with Crippen LogP contribution in [0.5, 0.6) is 0 Å². The standard InChI is InChI=1S/C13H18FN3O/c1-8(9(2)15-3)13(16-4)10-5-11(14)12(7-18)17-6-10/h5,7,15,17H,6H2,1-4H3/b9-8+,16-13?. The second kappa shape index (κ2) is 6.14. The molecule has 18 heavy (non-hydrogen) atoms. The quantitative estimate of drug-likeness (QED) is 0.588. The van der Waals surface area contributed by atoms with Crippen LogP contribution in [-0.2, 0) is 4.79 Å². The zero-order valence-corrected chi connectivity index (χ0v) is 11.1. The second-order valence-electron chi connectivity index (χ2n) is 3.97. The molecule has 0 bridgehead atoms. The maximum absolute atomic E-state index is 13.6. The lowest BCUT2D eigenvalue weighted by Gasteiger charge is -2.18. The van der Waals surface area contributed by atoms with Gasteiger partial charge in [0.1, 0.15) is 11.5 Å². The molecule has 0 aromatic heterocycles. The summed E-state index contributed by atoms with van der Waals surface area (Å²) in [6.07, 6.45) is 1.84. The van der Waals surface area contributed by atoms with E-state index in [4.69, 9.17) is 0 Å². The lowest BCUT2D eigenvalue weighted by atomic mass is 9.99. The summed E-state index contributed by atoms with van der Waals surface area (Å²) in [4.78, 5) is 14.8. The lowest BCUT2D eigenvalue weighted by molar-refractivity contribution is -0.105. The minimum atomic E-state index is -0.553. The molecule has 4 nitrogen and oxygen atoms in total. The number of halogens is 1. The molecule has 5 heteroatoms. The van der Waals surface area contributed by atoms with Crippen LogP contribution in [0.4, 0.5) is 4.39 Å². The van der Waals surface area contributed by atoms with Gasteiger partial charge in [-0.05, 0) is 31.1 Å². The van der Waals surface area contributed by atoms with Gasteiger partial charge in [0.15, 0.2) is 6.29 Å². The highest BCUT2D eigenvalue weighted by Crippen LogP contribution is 2.18. The molecule has 0 amide bonds. The lowest BCUT2D eigenvalue weighted by Crippen LogP contribution is -2.27. The molecule has 0 radical (unpaired) electrons. The molecule has 1 heterocycles. The van der Waals surface area contributed by atoms with Crippen LogP contribution in [0.15, 0.2) is 39.4 Å². The molecule has 0 aromatic carbocycles. The van der Waals surface area contributed by atoms with Crippen LogP contribution in [0.25, 0.3) is 0 Å². The van der Waals surface area contributed by atoms with E-state index in [9.17, 15) is 9.18 Å². The Hall–Kier alpha value is -1.91. The summed E-state index contributed by atoms with van der Waals surface area (Å²) in [5, 5.41) is 5.78. The van der Waals surface area contributed by atoms with Crippen molar-refractivity contribution in [1.29, 1.82) is 0 Å². The Morgan fingerprint density at radius 2 is 2.22 bits per heavy atom. The summed E-state index contributed by atoms with van der Waals surface area (Å²) < 4.78 is 13.6. The average Bonchev–Trinajstić information content (AvgIpc) is 2.38. The van der Waals surface area contributed by atoms with Gasteiger partial charge in [0.2, 0.25) is 0 Å². The van der Waals surface area contributed by atoms with Gasteiger partial charge in [0.05, 0.1) is 5.71 Å². The summed E-state index contributed by atoms with van der Waals surface area (Å²) in [5.41, 5.74) is 3.38. The van der Waals surface area contributed by atoms with Gasteiger partial charge in [-0.25, -0.2) is 4.39 Å². The number of nitrogens with zero attached hydrogens (tertiary/aromatic N) is 1. The first-order chi connectivity index (χ1) is 8.54. The first-order valence-electron chi connectivity index (χ1n) is 5.67. The molecule has 2 N–H and O–H groups in total. The first kappa shape index (κ1) is 14.2. The van der Waals surface area contributed by atoms with Crippen molar-refractivity contribution in [3.05, 3.63) is 34.4 Å². The number of hydrogen-bond acceptors (Lipinski definition) is 4. The van der Waals surface area contributed by atoms with Gasteiger partial charge in [0, 0.05) is 26.3 Å². The fraction of sp³-hybridized carbons (Fsp3) is 0.385. The predicted octanol–water partition coefficient (Wildman–Crippen LogP) is 1.48. The number of allylic oxidation sites excluding steroid dienone is 5. The minimum Gasteiger partial charge on any atom is -0.391 e. The Balaban J connectivity index is 3.15. The van der Waals surface area contributed by atoms with Gasteiger partial charge in [-0.1, -0.05) is 0 Å². The monoisotopic (exact) mass is 251 g/mol. The molecule has 0 aliphatic carbocycles. The van der Waals surface area contributed by atoms with Gasteiger partial charge in [-0.15, -0.1) is 0 Å². The van der Waals surface area contributed by atoms with Crippen molar-refractivity contribution < 1.29 is 9.18 Å². The van der Waals surface area contributed by atoms with Crippen LogP contribution in [0.2, 0.25) is 0 Å². The first-order valence-corrected chi connectivity index (χ1v) is 5.67. The molecular weight excluding hydrogens is 233 g/mol. The number of hydrogen-bond donors (Lipinski definition) is 2. The minimum absolute atomic E-state index is 0.0128. The Bertz CT molecular complexity index is 473. The fourth-order valence-electron chi connectivity index (χ4n) is 1.72. The van der Waals surface area contributed by atoms with Crippen molar-refractivity contribution in [1.82, 2.24) is 10.6 Å². The smallest absolute Gasteiger partial charge is 0.168 e. The summed E-state index contributed by atoms with van der Waals surface area (Å²) in [5.74, 6) is -0.553. The highest BCUT2D eigenvalue weighted by Gasteiger charge is 2.17. The number of dihydropyridines is 1. The molecular formula is C13H18FN3O. The zero-order chi connectivity index (χ0) is 13.7. The zero-order valence-electron chi connectivity index (χ0n) is 11.1. The second-order valence-corrected chi connectivity index (χ2v) is 3.97. The Morgan fingerprint density at radius 1 is 1.56 bits per heavy atom. The third kappa shape index (κ3) is 2.85. The van der Waals surface area contributed by atoms with Crippen molar-refractivity contribution in [3.63, 3.8) is 0 Å². The van der Waals surface area contributed by atoms with Crippen LogP contribution in [0, 0.1) is 0 Å². The van der Waals surface area contributed by atoms with Crippen molar-refractivity contribution in [3.8, 4) is 0 Å². The van der Waals surface area contributed by atoms with Crippen molar-refractivity contribution in [2.24, 2.45) is 4.99 Å². The fourth-order valence-corrected chi connectivity index (χ4v) is 1.72. The predicted molar refractivity (Wildman–Crippen MR) is 71.1 cm³/mol. The molecule has 0 fully saturated rings. The third-order valence-electron chi connectivity index (χ3n) is 2.97. The molecule has 98 valence electrons. The van der Waals surface area contributed by atoms with Crippen LogP contribution >= 0.6 is 0 Å². The Labute approximate surface area is 106 Å². The van der Waals surface area contributed by atoms with Crippen LogP contribution < -0.4 is 10.6 Å². The molecule has 0 unspecified atom stereocenters. The van der Waals surface area contributed by atoms with E-state index in [2.05, 4.69) is 15.6 Å². The summed E-state index contributed by atoms with van der Waals surface area (Å²) >= 11 is 0. The maximum Gasteiger partial charge on any atom is 0.168 e. The van der Waals surface area contributed by atoms with E-state index in [0.29, 0.717) is 12.8 Å². The highest BCUT2D eigenvalue weighted by molar-refractivity contribution is 6.13. The van der Waals surface area contributed by atoms with Gasteiger partial charge in [0.25, 0.3) is 0 Å². The summed E-state index contributed by atoms with van der Waals surface area (Å²) in [6.45, 7) is 4.24. The van der Waals surface area contributed by atoms with Gasteiger partial charge in [-0.2, -0.15) is 0 Å². The molecule has 0 spiro atoms. The summed E-state index contributed by atoms with van der Waals surface area (Å²) in [6, 6.07) is 0. The van der Waals surface area contributed by atoms with E-state index in [1.165, 1.54) is 6.08 Å². The molecule has 0 aromatic rings. The Kier molecular flexibility index (Phi) is 4.83. The van der Waals surface area contributed by atoms with E-state index in [0.717, 1.165) is 22.6 Å². The highest BCUT2D eigenvalue weighted by atomic mass is 19.1. The number of rotatable bonds is 4. The molecule has 1 aliphatic heterocycles. The third-order valence-corrected chi connectivity index (χ3v) is 2.97. The van der Waals surface area contributed by atoms with E-state index in [-0.39, 0.29) is 5.70 Å². The van der Waals surface area contributed by atoms with Crippen molar-refractivity contribution >= 4 is 12.0 Å². The number of nitrogens with one attached hydrogen (secondary N) is 2. The Morgan fingerprint density at radius 3 is 2.67 bits per heavy atom. The number of carbonyl (C=O) groups excluding carboxylic acids is 1. The molecule has 0 atom stereocenters. The van der Waals surface area contributed by atoms with E-state index >= 15 is 0 Å². The van der Waals surface area contributed by atoms with E-state index < -0.39 is 5.83 Å². The average molecular weight is 251 g/mol. The van der Waals surface area contributed by atoms with Crippen LogP contribution in [0.1, 0.15) is 13.8 Å². The van der Waals surface area contributed by atoms with E-state index in [1.807, 2.05) is 20.9 Å². The maximum atomic E-state index is 13.6. The van der Waals surface area contributed by atoms with Crippen LogP contribution in [0.3, 0.4) is 0 Å². The van der Waals surface area contributed by atoms with Crippen molar-refractivity contribution in [2.45, 2.75) is 13.8 Å². The van der Waals surface area contributed by atoms with Gasteiger partial charge in [-0.3, -0.25) is 9.79 Å². The molecule has 1 aliphatic rings. The molecule has 0 saturated heterocycles. The van der Waals surface area contributed by atoms with Gasteiger partial charge >= 0.3 is 0 Å². The molecule has 1 rings (SSSR count). The van der Waals surface area contributed by atoms with Gasteiger partial charge < -0.3 is 10.6 Å². The van der Waals surface area contributed by atoms with Crippen molar-refractivity contribution in [2.75, 3.05) is 20.6 Å². The van der Waals surface area contributed by atoms with Crippen LogP contribution in [-0.4, -0.2) is 32.6 Å².